The summed E-state index contributed by atoms with van der Waals surface area (Å²) in [5.41, 5.74) is 0.800. The number of likely N-dealkylation sites (N-methyl/N-ethyl adjacent to an activating group) is 1. The van der Waals surface area contributed by atoms with E-state index in [0.717, 1.165) is 38.0 Å². The summed E-state index contributed by atoms with van der Waals surface area (Å²) in [5, 5.41) is 0. The molecule has 24 heavy (non-hydrogen) atoms. The van der Waals surface area contributed by atoms with Gasteiger partial charge in [-0.1, -0.05) is 12.1 Å². The molecule has 1 aromatic rings. The number of hydrogen-bond acceptors (Lipinski definition) is 4. The predicted octanol–water partition coefficient (Wildman–Crippen LogP) is 1.66. The van der Waals surface area contributed by atoms with Crippen LogP contribution in [0.4, 0.5) is 4.39 Å². The van der Waals surface area contributed by atoms with Gasteiger partial charge in [-0.15, -0.1) is 0 Å². The van der Waals surface area contributed by atoms with Crippen molar-refractivity contribution in [2.24, 2.45) is 0 Å². The third kappa shape index (κ3) is 4.12. The molecule has 0 radical (unpaired) electrons. The first-order valence-electron chi connectivity index (χ1n) is 8.38. The summed E-state index contributed by atoms with van der Waals surface area (Å²) >= 11 is 0. The molecule has 5 nitrogen and oxygen atoms in total. The van der Waals surface area contributed by atoms with Crippen molar-refractivity contribution in [2.45, 2.75) is 31.1 Å². The van der Waals surface area contributed by atoms with Gasteiger partial charge in [0.2, 0.25) is 5.91 Å². The molecular weight excluding hydrogens is 311 g/mol. The van der Waals surface area contributed by atoms with Gasteiger partial charge in [0.25, 0.3) is 0 Å². The number of benzene rings is 1. The SMILES string of the molecule is CN(C)C(=O)CO[C@H]1CO[C@]2(CCN(Cc3cccc(F)c3)C2)C1. The third-order valence-corrected chi connectivity index (χ3v) is 4.81. The van der Waals surface area contributed by atoms with Crippen LogP contribution in [0, 0.1) is 5.82 Å². The van der Waals surface area contributed by atoms with Gasteiger partial charge in [0.1, 0.15) is 12.4 Å². The number of nitrogens with zero attached hydrogens (tertiary/aromatic N) is 2. The van der Waals surface area contributed by atoms with Crippen molar-refractivity contribution in [3.8, 4) is 0 Å². The van der Waals surface area contributed by atoms with Gasteiger partial charge < -0.3 is 14.4 Å². The van der Waals surface area contributed by atoms with E-state index in [1.165, 1.54) is 11.0 Å². The third-order valence-electron chi connectivity index (χ3n) is 4.81. The Balaban J connectivity index is 1.49. The van der Waals surface area contributed by atoms with Crippen LogP contribution in [0.15, 0.2) is 24.3 Å². The molecule has 2 fully saturated rings. The van der Waals surface area contributed by atoms with Crippen molar-refractivity contribution in [1.29, 1.82) is 0 Å². The molecule has 2 aliphatic rings. The number of likely N-dealkylation sites (tertiary alicyclic amines) is 1. The highest BCUT2D eigenvalue weighted by atomic mass is 19.1. The van der Waals surface area contributed by atoms with E-state index in [1.807, 2.05) is 6.07 Å². The first kappa shape index (κ1) is 17.3. The fourth-order valence-corrected chi connectivity index (χ4v) is 3.47. The number of amides is 1. The Morgan fingerprint density at radius 3 is 3.08 bits per heavy atom. The molecule has 6 heteroatoms. The molecule has 2 aliphatic heterocycles. The molecule has 0 N–H and O–H groups in total. The Morgan fingerprint density at radius 1 is 1.50 bits per heavy atom. The van der Waals surface area contributed by atoms with E-state index in [0.29, 0.717) is 6.61 Å². The quantitative estimate of drug-likeness (QED) is 0.820. The Hall–Kier alpha value is -1.50. The number of rotatable bonds is 5. The van der Waals surface area contributed by atoms with Crippen LogP contribution in [0.1, 0.15) is 18.4 Å². The average Bonchev–Trinajstić information content (AvgIpc) is 3.12. The Morgan fingerprint density at radius 2 is 2.33 bits per heavy atom. The minimum atomic E-state index is -0.197. The number of carbonyl (C=O) groups excluding carboxylic acids is 1. The first-order chi connectivity index (χ1) is 11.5. The van der Waals surface area contributed by atoms with E-state index in [9.17, 15) is 9.18 Å². The molecule has 1 amide bonds. The van der Waals surface area contributed by atoms with Crippen LogP contribution in [-0.4, -0.2) is 67.8 Å². The molecule has 0 unspecified atom stereocenters. The second-order valence-corrected chi connectivity index (χ2v) is 7.01. The topological polar surface area (TPSA) is 42.0 Å². The number of halogens is 1. The van der Waals surface area contributed by atoms with Crippen LogP contribution in [0.3, 0.4) is 0 Å². The van der Waals surface area contributed by atoms with Crippen LogP contribution in [0.2, 0.25) is 0 Å². The number of ether oxygens (including phenoxy) is 2. The summed E-state index contributed by atoms with van der Waals surface area (Å²) < 4.78 is 25.0. The first-order valence-corrected chi connectivity index (χ1v) is 8.38. The van der Waals surface area contributed by atoms with E-state index in [-0.39, 0.29) is 30.0 Å². The summed E-state index contributed by atoms with van der Waals surface area (Å²) in [6.45, 7) is 3.12. The fraction of sp³-hybridized carbons (Fsp3) is 0.611. The largest absolute Gasteiger partial charge is 0.371 e. The lowest BCUT2D eigenvalue weighted by molar-refractivity contribution is -0.135. The normalized spacial score (nSPS) is 27.0. The summed E-state index contributed by atoms with van der Waals surface area (Å²) in [7, 11) is 3.44. The van der Waals surface area contributed by atoms with Crippen LogP contribution in [0.25, 0.3) is 0 Å². The number of hydrogen-bond donors (Lipinski definition) is 0. The molecule has 132 valence electrons. The molecule has 0 aliphatic carbocycles. The van der Waals surface area contributed by atoms with E-state index in [4.69, 9.17) is 9.47 Å². The molecule has 0 aromatic heterocycles. The van der Waals surface area contributed by atoms with Crippen LogP contribution < -0.4 is 0 Å². The fourth-order valence-electron chi connectivity index (χ4n) is 3.47. The van der Waals surface area contributed by atoms with Crippen molar-refractivity contribution in [3.05, 3.63) is 35.6 Å². The van der Waals surface area contributed by atoms with E-state index >= 15 is 0 Å². The van der Waals surface area contributed by atoms with Crippen molar-refractivity contribution >= 4 is 5.91 Å². The van der Waals surface area contributed by atoms with E-state index in [2.05, 4.69) is 4.90 Å². The highest BCUT2D eigenvalue weighted by Crippen LogP contribution is 2.36. The monoisotopic (exact) mass is 336 g/mol. The van der Waals surface area contributed by atoms with E-state index < -0.39 is 0 Å². The zero-order chi connectivity index (χ0) is 17.2. The summed E-state index contributed by atoms with van der Waals surface area (Å²) in [6, 6.07) is 6.74. The van der Waals surface area contributed by atoms with Gasteiger partial charge in [-0.2, -0.15) is 0 Å². The molecule has 1 spiro atoms. The molecule has 2 saturated heterocycles. The van der Waals surface area contributed by atoms with Crippen molar-refractivity contribution in [1.82, 2.24) is 9.80 Å². The smallest absolute Gasteiger partial charge is 0.248 e. The second-order valence-electron chi connectivity index (χ2n) is 7.01. The van der Waals surface area contributed by atoms with Gasteiger partial charge in [-0.05, 0) is 24.1 Å². The van der Waals surface area contributed by atoms with Crippen molar-refractivity contribution in [3.63, 3.8) is 0 Å². The lowest BCUT2D eigenvalue weighted by Gasteiger charge is -2.23. The van der Waals surface area contributed by atoms with Gasteiger partial charge >= 0.3 is 0 Å². The molecule has 2 atom stereocenters. The van der Waals surface area contributed by atoms with Crippen molar-refractivity contribution in [2.75, 3.05) is 40.4 Å². The van der Waals surface area contributed by atoms with Crippen molar-refractivity contribution < 1.29 is 18.7 Å². The minimum absolute atomic E-state index is 0.0250. The zero-order valence-corrected chi connectivity index (χ0v) is 14.3. The zero-order valence-electron chi connectivity index (χ0n) is 14.3. The summed E-state index contributed by atoms with van der Waals surface area (Å²) in [5.74, 6) is -0.229. The highest BCUT2D eigenvalue weighted by Gasteiger charge is 2.45. The lowest BCUT2D eigenvalue weighted by atomic mass is 9.98. The average molecular weight is 336 g/mol. The molecular formula is C18H25FN2O3. The molecule has 2 heterocycles. The van der Waals surface area contributed by atoms with Gasteiger partial charge in [-0.25, -0.2) is 4.39 Å². The number of carbonyl (C=O) groups is 1. The van der Waals surface area contributed by atoms with Crippen LogP contribution in [0.5, 0.6) is 0 Å². The van der Waals surface area contributed by atoms with Gasteiger partial charge in [-0.3, -0.25) is 9.69 Å². The molecule has 3 rings (SSSR count). The van der Waals surface area contributed by atoms with Crippen LogP contribution in [-0.2, 0) is 20.8 Å². The van der Waals surface area contributed by atoms with Crippen LogP contribution >= 0.6 is 0 Å². The molecule has 0 saturated carbocycles. The second kappa shape index (κ2) is 7.17. The van der Waals surface area contributed by atoms with Gasteiger partial charge in [0.15, 0.2) is 0 Å². The summed E-state index contributed by atoms with van der Waals surface area (Å²) in [4.78, 5) is 15.4. The maximum atomic E-state index is 13.3. The Kier molecular flexibility index (Phi) is 5.18. The Bertz CT molecular complexity index is 595. The standard InChI is InChI=1S/C18H25FN2O3/c1-20(2)17(22)12-23-16-9-18(24-11-16)6-7-21(13-18)10-14-4-3-5-15(19)8-14/h3-5,8,16H,6-7,9-13H2,1-2H3/t16-,18-/m1/s1. The lowest BCUT2D eigenvalue weighted by Crippen LogP contribution is -2.33. The maximum absolute atomic E-state index is 13.3. The van der Waals surface area contributed by atoms with Gasteiger partial charge in [0, 0.05) is 40.2 Å². The van der Waals surface area contributed by atoms with E-state index in [1.54, 1.807) is 26.2 Å². The molecule has 1 aromatic carbocycles. The summed E-state index contributed by atoms with van der Waals surface area (Å²) in [6.07, 6.45) is 1.74. The Labute approximate surface area is 142 Å². The molecule has 0 bridgehead atoms. The maximum Gasteiger partial charge on any atom is 0.248 e. The predicted molar refractivity (Wildman–Crippen MR) is 88.0 cm³/mol. The highest BCUT2D eigenvalue weighted by molar-refractivity contribution is 5.76. The minimum Gasteiger partial charge on any atom is -0.371 e. The van der Waals surface area contributed by atoms with Gasteiger partial charge in [0.05, 0.1) is 18.3 Å².